The molecule has 1 saturated heterocycles. The van der Waals surface area contributed by atoms with Gasteiger partial charge in [-0.3, -0.25) is 24.1 Å². The number of ether oxygens (including phenoxy) is 1. The summed E-state index contributed by atoms with van der Waals surface area (Å²) in [5, 5.41) is 10.6. The summed E-state index contributed by atoms with van der Waals surface area (Å²) in [6.07, 6.45) is 5.52. The molecule has 0 spiro atoms. The van der Waals surface area contributed by atoms with Crippen LogP contribution in [0.5, 0.6) is 11.5 Å². The molecule has 0 saturated carbocycles. The standard InChI is InChI=1S/C32H25Br2NO6/c1-4-15-5-7-16(8-6-15)35-31(39)18-10-9-17-19(25(18)32(35)40)12-21-26(22(36)11-14(2)29(21)37)24(17)20-13-23(41-3)30(38)28(34)27(20)33/h4-9,11,13,18-19,24-25,38H,1,10,12H2,2-3H3. The molecule has 0 bridgehead atoms. The molecule has 208 valence electrons. The van der Waals surface area contributed by atoms with E-state index < -0.39 is 23.7 Å². The van der Waals surface area contributed by atoms with Gasteiger partial charge in [0.1, 0.15) is 0 Å². The van der Waals surface area contributed by atoms with E-state index in [9.17, 15) is 24.3 Å². The molecular formula is C32H25Br2NO6. The largest absolute Gasteiger partial charge is 0.503 e. The molecule has 7 nitrogen and oxygen atoms in total. The number of ketones is 2. The molecule has 4 unspecified atom stereocenters. The molecule has 4 atom stereocenters. The van der Waals surface area contributed by atoms with Gasteiger partial charge in [0.2, 0.25) is 11.8 Å². The number of aromatic hydroxyl groups is 1. The summed E-state index contributed by atoms with van der Waals surface area (Å²) >= 11 is 7.00. The minimum Gasteiger partial charge on any atom is -0.503 e. The molecule has 2 amide bonds. The van der Waals surface area contributed by atoms with Crippen molar-refractivity contribution < 1.29 is 29.0 Å². The number of fused-ring (bicyclic) bond motifs is 3. The third-order valence-electron chi connectivity index (χ3n) is 8.65. The molecule has 0 radical (unpaired) electrons. The van der Waals surface area contributed by atoms with E-state index in [4.69, 9.17) is 4.74 Å². The highest BCUT2D eigenvalue weighted by Crippen LogP contribution is 2.57. The Labute approximate surface area is 253 Å². The van der Waals surface area contributed by atoms with Gasteiger partial charge in [0, 0.05) is 27.1 Å². The Morgan fingerprint density at radius 3 is 2.41 bits per heavy atom. The summed E-state index contributed by atoms with van der Waals surface area (Å²) in [6, 6.07) is 8.72. The molecular weight excluding hydrogens is 654 g/mol. The van der Waals surface area contributed by atoms with Crippen molar-refractivity contribution in [3.05, 3.63) is 91.4 Å². The van der Waals surface area contributed by atoms with Crippen LogP contribution >= 0.6 is 31.9 Å². The number of methoxy groups -OCH3 is 1. The Kier molecular flexibility index (Phi) is 6.77. The van der Waals surface area contributed by atoms with Crippen LogP contribution in [0.4, 0.5) is 5.69 Å². The van der Waals surface area contributed by atoms with Crippen LogP contribution in [0.25, 0.3) is 6.08 Å². The molecule has 6 rings (SSSR count). The molecule has 1 fully saturated rings. The molecule has 2 aromatic rings. The molecule has 1 N–H and O–H groups in total. The summed E-state index contributed by atoms with van der Waals surface area (Å²) in [5.74, 6) is -3.42. The lowest BCUT2D eigenvalue weighted by molar-refractivity contribution is -0.123. The van der Waals surface area contributed by atoms with Crippen molar-refractivity contribution >= 4 is 67.0 Å². The first-order valence-electron chi connectivity index (χ1n) is 13.1. The van der Waals surface area contributed by atoms with Crippen LogP contribution in [0.3, 0.4) is 0 Å². The summed E-state index contributed by atoms with van der Waals surface area (Å²) in [6.45, 7) is 5.37. The molecule has 1 aliphatic heterocycles. The second-order valence-corrected chi connectivity index (χ2v) is 12.3. The van der Waals surface area contributed by atoms with Crippen LogP contribution in [-0.2, 0) is 19.2 Å². The zero-order valence-corrected chi connectivity index (χ0v) is 25.4. The van der Waals surface area contributed by atoms with Gasteiger partial charge in [-0.25, -0.2) is 0 Å². The number of phenolic OH excluding ortho intramolecular Hbond substituents is 1. The second kappa shape index (κ2) is 10.1. The van der Waals surface area contributed by atoms with Crippen molar-refractivity contribution in [3.8, 4) is 11.5 Å². The molecule has 4 aliphatic rings. The van der Waals surface area contributed by atoms with E-state index in [1.54, 1.807) is 43.3 Å². The smallest absolute Gasteiger partial charge is 0.238 e. The van der Waals surface area contributed by atoms with Gasteiger partial charge in [0.25, 0.3) is 0 Å². The number of halogens is 2. The number of nitrogens with zero attached hydrogens (tertiary/aromatic N) is 1. The third kappa shape index (κ3) is 4.04. The predicted octanol–water partition coefficient (Wildman–Crippen LogP) is 6.20. The Hall–Kier alpha value is -3.56. The van der Waals surface area contributed by atoms with Crippen LogP contribution < -0.4 is 9.64 Å². The molecule has 3 aliphatic carbocycles. The van der Waals surface area contributed by atoms with Crippen molar-refractivity contribution in [2.75, 3.05) is 12.0 Å². The number of rotatable bonds is 4. The van der Waals surface area contributed by atoms with Crippen molar-refractivity contribution in [2.45, 2.75) is 25.7 Å². The molecule has 2 aromatic carbocycles. The Bertz CT molecular complexity index is 1680. The lowest BCUT2D eigenvalue weighted by Crippen LogP contribution is -2.40. The number of benzene rings is 2. The number of hydrogen-bond donors (Lipinski definition) is 1. The van der Waals surface area contributed by atoms with Gasteiger partial charge in [-0.15, -0.1) is 0 Å². The molecule has 0 aromatic heterocycles. The van der Waals surface area contributed by atoms with Gasteiger partial charge >= 0.3 is 0 Å². The molecule has 9 heteroatoms. The van der Waals surface area contributed by atoms with Crippen LogP contribution in [0, 0.1) is 17.8 Å². The number of anilines is 1. The highest BCUT2D eigenvalue weighted by molar-refractivity contribution is 9.13. The average molecular weight is 679 g/mol. The number of phenols is 1. The normalized spacial score (nSPS) is 25.4. The minimum atomic E-state index is -0.687. The highest BCUT2D eigenvalue weighted by atomic mass is 79.9. The first kappa shape index (κ1) is 27.6. The zero-order chi connectivity index (χ0) is 29.3. The summed E-state index contributed by atoms with van der Waals surface area (Å²) in [4.78, 5) is 56.0. The average Bonchev–Trinajstić information content (AvgIpc) is 3.23. The van der Waals surface area contributed by atoms with E-state index in [-0.39, 0.29) is 41.3 Å². The molecule has 1 heterocycles. The van der Waals surface area contributed by atoms with Gasteiger partial charge in [0.15, 0.2) is 23.1 Å². The monoisotopic (exact) mass is 677 g/mol. The Morgan fingerprint density at radius 2 is 1.76 bits per heavy atom. The number of imide groups is 1. The highest BCUT2D eigenvalue weighted by Gasteiger charge is 2.56. The van der Waals surface area contributed by atoms with Crippen LogP contribution in [0.15, 0.2) is 80.3 Å². The Balaban J connectivity index is 1.52. The van der Waals surface area contributed by atoms with Gasteiger partial charge in [0.05, 0.1) is 29.1 Å². The number of hydrogen-bond acceptors (Lipinski definition) is 6. The first-order valence-corrected chi connectivity index (χ1v) is 14.7. The predicted molar refractivity (Wildman–Crippen MR) is 160 cm³/mol. The second-order valence-electron chi connectivity index (χ2n) is 10.7. The van der Waals surface area contributed by atoms with Crippen molar-refractivity contribution in [1.82, 2.24) is 0 Å². The van der Waals surface area contributed by atoms with Gasteiger partial charge < -0.3 is 9.84 Å². The van der Waals surface area contributed by atoms with Crippen molar-refractivity contribution in [1.29, 1.82) is 0 Å². The van der Waals surface area contributed by atoms with Crippen LogP contribution in [0.1, 0.15) is 36.8 Å². The number of carbonyl (C=O) groups is 4. The van der Waals surface area contributed by atoms with E-state index in [1.165, 1.54) is 18.1 Å². The Morgan fingerprint density at radius 1 is 1.05 bits per heavy atom. The van der Waals surface area contributed by atoms with Crippen LogP contribution in [0.2, 0.25) is 0 Å². The van der Waals surface area contributed by atoms with E-state index >= 15 is 0 Å². The minimum absolute atomic E-state index is 0.112. The first-order chi connectivity index (χ1) is 19.6. The lowest BCUT2D eigenvalue weighted by Gasteiger charge is -2.42. The number of carbonyl (C=O) groups excluding carboxylic acids is 4. The number of allylic oxidation sites excluding steroid dienone is 6. The fourth-order valence-corrected chi connectivity index (χ4v) is 7.68. The lowest BCUT2D eigenvalue weighted by atomic mass is 9.59. The van der Waals surface area contributed by atoms with Gasteiger partial charge in [-0.2, -0.15) is 0 Å². The van der Waals surface area contributed by atoms with Crippen LogP contribution in [-0.4, -0.2) is 35.6 Å². The summed E-state index contributed by atoms with van der Waals surface area (Å²) in [7, 11) is 1.43. The van der Waals surface area contributed by atoms with Crippen molar-refractivity contribution in [2.24, 2.45) is 17.8 Å². The van der Waals surface area contributed by atoms with E-state index in [2.05, 4.69) is 38.4 Å². The quantitative estimate of drug-likeness (QED) is 0.235. The summed E-state index contributed by atoms with van der Waals surface area (Å²) < 4.78 is 6.26. The van der Waals surface area contributed by atoms with Crippen molar-refractivity contribution in [3.63, 3.8) is 0 Å². The SMILES string of the molecule is C=Cc1ccc(N2C(=O)C3CC=C4C(c5cc(OC)c(O)c(Br)c5Br)C5=C(CC4C3C2=O)C(=O)C(C)=CC5=O)cc1. The fraction of sp³-hybridized carbons (Fsp3) is 0.250. The zero-order valence-electron chi connectivity index (χ0n) is 22.2. The van der Waals surface area contributed by atoms with E-state index in [0.717, 1.165) is 11.1 Å². The number of Topliss-reactive ketones (excluding diaryl/α,β-unsaturated/α-hetero) is 1. The maximum atomic E-state index is 14.0. The maximum Gasteiger partial charge on any atom is 0.238 e. The topological polar surface area (TPSA) is 101 Å². The maximum absolute atomic E-state index is 14.0. The van der Waals surface area contributed by atoms with Gasteiger partial charge in [-0.1, -0.05) is 36.4 Å². The fourth-order valence-electron chi connectivity index (χ4n) is 6.73. The number of amides is 2. The molecule has 41 heavy (non-hydrogen) atoms. The van der Waals surface area contributed by atoms with E-state index in [0.29, 0.717) is 43.3 Å². The van der Waals surface area contributed by atoms with Gasteiger partial charge in [-0.05, 0) is 92.9 Å². The van der Waals surface area contributed by atoms with E-state index in [1.807, 2.05) is 6.08 Å². The summed E-state index contributed by atoms with van der Waals surface area (Å²) in [5.41, 5.74) is 3.84. The third-order valence-corrected chi connectivity index (χ3v) is 10.8.